The number of hydrogen-bond donors (Lipinski definition) is 1. The summed E-state index contributed by atoms with van der Waals surface area (Å²) in [6.45, 7) is 7.61. The Balaban J connectivity index is 2.37. The van der Waals surface area contributed by atoms with Crippen LogP contribution in [-0.2, 0) is 9.47 Å². The Kier molecular flexibility index (Phi) is 4.85. The zero-order chi connectivity index (χ0) is 10.6. The second-order valence-corrected chi connectivity index (χ2v) is 4.44. The normalized spacial score (nSPS) is 22.9. The molecule has 1 aliphatic heterocycles. The largest absolute Gasteiger partial charge is 0.393 e. The lowest BCUT2D eigenvalue weighted by Crippen LogP contribution is -2.27. The fourth-order valence-electron chi connectivity index (χ4n) is 1.84. The first-order valence-electron chi connectivity index (χ1n) is 5.52. The molecule has 1 heterocycles. The van der Waals surface area contributed by atoms with Crippen LogP contribution in [0.3, 0.4) is 0 Å². The SMILES string of the molecule is CC(O)CCC(C(C)C)C1OCCO1. The standard InChI is InChI=1S/C11H22O3/c1-8(2)10(5-4-9(3)12)11-13-6-7-14-11/h8-12H,4-7H2,1-3H3. The maximum atomic E-state index is 9.24. The van der Waals surface area contributed by atoms with Crippen molar-refractivity contribution in [3.8, 4) is 0 Å². The number of aliphatic hydroxyl groups is 1. The van der Waals surface area contributed by atoms with Gasteiger partial charge in [0.25, 0.3) is 0 Å². The fourth-order valence-corrected chi connectivity index (χ4v) is 1.84. The van der Waals surface area contributed by atoms with E-state index in [0.29, 0.717) is 25.0 Å². The van der Waals surface area contributed by atoms with Gasteiger partial charge in [-0.25, -0.2) is 0 Å². The Morgan fingerprint density at radius 1 is 1.14 bits per heavy atom. The molecule has 3 nitrogen and oxygen atoms in total. The molecule has 1 N–H and O–H groups in total. The minimum atomic E-state index is -0.224. The lowest BCUT2D eigenvalue weighted by molar-refractivity contribution is -0.0999. The minimum absolute atomic E-state index is 0.0475. The van der Waals surface area contributed by atoms with Gasteiger partial charge in [-0.15, -0.1) is 0 Å². The van der Waals surface area contributed by atoms with E-state index in [1.165, 1.54) is 0 Å². The number of aliphatic hydroxyl groups excluding tert-OH is 1. The van der Waals surface area contributed by atoms with E-state index < -0.39 is 0 Å². The van der Waals surface area contributed by atoms with E-state index in [1.807, 2.05) is 6.92 Å². The third-order valence-corrected chi connectivity index (χ3v) is 2.77. The summed E-state index contributed by atoms with van der Waals surface area (Å²) in [6, 6.07) is 0. The molecule has 0 aromatic rings. The van der Waals surface area contributed by atoms with Crippen molar-refractivity contribution in [3.05, 3.63) is 0 Å². The molecule has 0 radical (unpaired) electrons. The molecule has 0 spiro atoms. The van der Waals surface area contributed by atoms with Gasteiger partial charge in [0.15, 0.2) is 6.29 Å². The summed E-state index contributed by atoms with van der Waals surface area (Å²) in [5, 5.41) is 9.24. The van der Waals surface area contributed by atoms with Crippen LogP contribution in [0.2, 0.25) is 0 Å². The van der Waals surface area contributed by atoms with Gasteiger partial charge in [-0.3, -0.25) is 0 Å². The molecule has 2 atom stereocenters. The third kappa shape index (κ3) is 3.56. The molecular formula is C11H22O3. The predicted molar refractivity (Wildman–Crippen MR) is 54.9 cm³/mol. The van der Waals surface area contributed by atoms with Crippen molar-refractivity contribution in [2.45, 2.75) is 46.0 Å². The molecule has 1 rings (SSSR count). The van der Waals surface area contributed by atoms with Crippen LogP contribution >= 0.6 is 0 Å². The van der Waals surface area contributed by atoms with E-state index in [0.717, 1.165) is 12.8 Å². The van der Waals surface area contributed by atoms with Gasteiger partial charge in [0.1, 0.15) is 0 Å². The van der Waals surface area contributed by atoms with E-state index in [-0.39, 0.29) is 12.4 Å². The molecule has 1 aliphatic rings. The fraction of sp³-hybridized carbons (Fsp3) is 1.00. The first kappa shape index (κ1) is 12.0. The van der Waals surface area contributed by atoms with Crippen LogP contribution < -0.4 is 0 Å². The molecule has 1 fully saturated rings. The highest BCUT2D eigenvalue weighted by atomic mass is 16.7. The average molecular weight is 202 g/mol. The third-order valence-electron chi connectivity index (χ3n) is 2.77. The molecule has 84 valence electrons. The Labute approximate surface area is 86.4 Å². The molecule has 0 bridgehead atoms. The highest BCUT2D eigenvalue weighted by molar-refractivity contribution is 4.70. The summed E-state index contributed by atoms with van der Waals surface area (Å²) in [4.78, 5) is 0. The van der Waals surface area contributed by atoms with Crippen LogP contribution in [0.4, 0.5) is 0 Å². The number of rotatable bonds is 5. The first-order valence-corrected chi connectivity index (χ1v) is 5.52. The molecule has 0 amide bonds. The van der Waals surface area contributed by atoms with Gasteiger partial charge in [-0.1, -0.05) is 13.8 Å². The Bertz CT molecular complexity index is 151. The van der Waals surface area contributed by atoms with Gasteiger partial charge in [0.05, 0.1) is 19.3 Å². The van der Waals surface area contributed by atoms with E-state index in [9.17, 15) is 5.11 Å². The van der Waals surface area contributed by atoms with Gasteiger partial charge in [0, 0.05) is 5.92 Å². The first-order chi connectivity index (χ1) is 6.61. The molecule has 0 aromatic heterocycles. The second kappa shape index (κ2) is 5.69. The van der Waals surface area contributed by atoms with E-state index in [1.54, 1.807) is 0 Å². The minimum Gasteiger partial charge on any atom is -0.393 e. The van der Waals surface area contributed by atoms with Crippen molar-refractivity contribution in [2.24, 2.45) is 11.8 Å². The van der Waals surface area contributed by atoms with Gasteiger partial charge in [-0.05, 0) is 25.7 Å². The van der Waals surface area contributed by atoms with Gasteiger partial charge >= 0.3 is 0 Å². The summed E-state index contributed by atoms with van der Waals surface area (Å²) in [5.74, 6) is 0.948. The summed E-state index contributed by atoms with van der Waals surface area (Å²) < 4.78 is 11.0. The smallest absolute Gasteiger partial charge is 0.160 e. The predicted octanol–water partition coefficient (Wildman–Crippen LogP) is 1.79. The molecule has 3 heteroatoms. The van der Waals surface area contributed by atoms with E-state index in [4.69, 9.17) is 9.47 Å². The highest BCUT2D eigenvalue weighted by Gasteiger charge is 2.29. The van der Waals surface area contributed by atoms with Crippen LogP contribution in [0.5, 0.6) is 0 Å². The summed E-state index contributed by atoms with van der Waals surface area (Å²) >= 11 is 0. The Morgan fingerprint density at radius 2 is 1.71 bits per heavy atom. The van der Waals surface area contributed by atoms with Crippen molar-refractivity contribution in [3.63, 3.8) is 0 Å². The van der Waals surface area contributed by atoms with Crippen molar-refractivity contribution in [1.29, 1.82) is 0 Å². The van der Waals surface area contributed by atoms with Crippen LogP contribution in [0, 0.1) is 11.8 Å². The van der Waals surface area contributed by atoms with Crippen molar-refractivity contribution in [1.82, 2.24) is 0 Å². The zero-order valence-electron chi connectivity index (χ0n) is 9.40. The average Bonchev–Trinajstić information content (AvgIpc) is 2.56. The number of hydrogen-bond acceptors (Lipinski definition) is 3. The van der Waals surface area contributed by atoms with Gasteiger partial charge in [-0.2, -0.15) is 0 Å². The van der Waals surface area contributed by atoms with Crippen LogP contribution in [-0.4, -0.2) is 30.7 Å². The number of ether oxygens (including phenoxy) is 2. The lowest BCUT2D eigenvalue weighted by Gasteiger charge is -2.26. The van der Waals surface area contributed by atoms with Crippen LogP contribution in [0.25, 0.3) is 0 Å². The van der Waals surface area contributed by atoms with Crippen LogP contribution in [0.15, 0.2) is 0 Å². The maximum absolute atomic E-state index is 9.24. The van der Waals surface area contributed by atoms with Crippen molar-refractivity contribution >= 4 is 0 Å². The highest BCUT2D eigenvalue weighted by Crippen LogP contribution is 2.27. The molecule has 0 aromatic carbocycles. The molecule has 2 unspecified atom stereocenters. The summed E-state index contributed by atoms with van der Waals surface area (Å²) in [6.07, 6.45) is 1.53. The molecular weight excluding hydrogens is 180 g/mol. The molecule has 0 aliphatic carbocycles. The van der Waals surface area contributed by atoms with E-state index >= 15 is 0 Å². The Morgan fingerprint density at radius 3 is 2.14 bits per heavy atom. The summed E-state index contributed by atoms with van der Waals surface area (Å²) in [7, 11) is 0. The van der Waals surface area contributed by atoms with Crippen molar-refractivity contribution in [2.75, 3.05) is 13.2 Å². The summed E-state index contributed by atoms with van der Waals surface area (Å²) in [5.41, 5.74) is 0. The zero-order valence-corrected chi connectivity index (χ0v) is 9.40. The Hall–Kier alpha value is -0.120. The van der Waals surface area contributed by atoms with E-state index in [2.05, 4.69) is 13.8 Å². The van der Waals surface area contributed by atoms with Gasteiger partial charge in [0.2, 0.25) is 0 Å². The van der Waals surface area contributed by atoms with Crippen LogP contribution in [0.1, 0.15) is 33.6 Å². The maximum Gasteiger partial charge on any atom is 0.160 e. The van der Waals surface area contributed by atoms with Crippen molar-refractivity contribution < 1.29 is 14.6 Å². The molecule has 1 saturated heterocycles. The second-order valence-electron chi connectivity index (χ2n) is 4.44. The lowest BCUT2D eigenvalue weighted by atomic mass is 9.89. The monoisotopic (exact) mass is 202 g/mol. The molecule has 0 saturated carbocycles. The topological polar surface area (TPSA) is 38.7 Å². The van der Waals surface area contributed by atoms with Gasteiger partial charge < -0.3 is 14.6 Å². The molecule has 14 heavy (non-hydrogen) atoms. The quantitative estimate of drug-likeness (QED) is 0.738.